The average Bonchev–Trinajstić information content (AvgIpc) is 2.80. The molecule has 0 heterocycles. The van der Waals surface area contributed by atoms with Gasteiger partial charge in [-0.15, -0.1) is 0 Å². The zero-order chi connectivity index (χ0) is 19.0. The van der Waals surface area contributed by atoms with E-state index in [4.69, 9.17) is 5.11 Å². The summed E-state index contributed by atoms with van der Waals surface area (Å²) in [6.07, 6.45) is 7.35. The van der Waals surface area contributed by atoms with Gasteiger partial charge in [0.05, 0.1) is 12.2 Å². The fourth-order valence-corrected chi connectivity index (χ4v) is 5.90. The maximum atomic E-state index is 10.0. The van der Waals surface area contributed by atoms with E-state index in [0.29, 0.717) is 17.3 Å². The van der Waals surface area contributed by atoms with Gasteiger partial charge in [0.15, 0.2) is 0 Å². The highest BCUT2D eigenvalue weighted by atomic mass is 16.3. The Morgan fingerprint density at radius 1 is 1.00 bits per heavy atom. The van der Waals surface area contributed by atoms with Crippen LogP contribution in [-0.2, 0) is 0 Å². The molecular formula is C22H42O3. The summed E-state index contributed by atoms with van der Waals surface area (Å²) in [6.45, 7) is 13.7. The van der Waals surface area contributed by atoms with Crippen LogP contribution < -0.4 is 0 Å². The van der Waals surface area contributed by atoms with E-state index in [-0.39, 0.29) is 29.6 Å². The summed E-state index contributed by atoms with van der Waals surface area (Å²) in [5.74, 6) is 1.81. The van der Waals surface area contributed by atoms with Crippen molar-refractivity contribution in [2.45, 2.75) is 98.7 Å². The van der Waals surface area contributed by atoms with E-state index >= 15 is 0 Å². The highest BCUT2D eigenvalue weighted by molar-refractivity contribution is 5.10. The van der Waals surface area contributed by atoms with Crippen LogP contribution in [0.25, 0.3) is 0 Å². The molecule has 0 aromatic rings. The Kier molecular flexibility index (Phi) is 6.34. The van der Waals surface area contributed by atoms with Crippen LogP contribution in [0.5, 0.6) is 0 Å². The van der Waals surface area contributed by atoms with E-state index in [0.717, 1.165) is 38.0 Å². The van der Waals surface area contributed by atoms with Gasteiger partial charge in [-0.1, -0.05) is 41.5 Å². The largest absolute Gasteiger partial charge is 0.396 e. The minimum absolute atomic E-state index is 0.0313. The molecule has 3 aliphatic carbocycles. The van der Waals surface area contributed by atoms with Gasteiger partial charge in [0.1, 0.15) is 0 Å². The third-order valence-corrected chi connectivity index (χ3v) is 8.60. The number of hydrogen-bond donors (Lipinski definition) is 3. The number of fused-ring (bicyclic) bond motifs is 2. The van der Waals surface area contributed by atoms with Gasteiger partial charge in [0, 0.05) is 6.61 Å². The standard InChI is InChI=1S/C12H24O2.C10H18O/c1-9(2)10-4-5-12(3,6-7-13)8-11(10)14;1-9(2)7-4-5-10(9,3)8(11)6-7/h9-11,13-14H,4-8H2,1-3H3;7-8,11H,4-6H2,1-3H3/t10-,11+,12-;7-,8+,10-/m01/s1. The molecule has 0 aromatic carbocycles. The van der Waals surface area contributed by atoms with Crippen molar-refractivity contribution in [2.75, 3.05) is 6.61 Å². The summed E-state index contributed by atoms with van der Waals surface area (Å²) >= 11 is 0. The molecule has 0 aliphatic heterocycles. The molecule has 6 atom stereocenters. The van der Waals surface area contributed by atoms with Crippen molar-refractivity contribution in [2.24, 2.45) is 34.0 Å². The molecule has 148 valence electrons. The van der Waals surface area contributed by atoms with Crippen LogP contribution in [0.3, 0.4) is 0 Å². The average molecular weight is 355 g/mol. The molecule has 3 N–H and O–H groups in total. The maximum absolute atomic E-state index is 10.0. The highest BCUT2D eigenvalue weighted by Gasteiger charge is 2.60. The van der Waals surface area contributed by atoms with E-state index in [1.54, 1.807) is 0 Å². The van der Waals surface area contributed by atoms with E-state index in [1.165, 1.54) is 12.8 Å². The summed E-state index contributed by atoms with van der Waals surface area (Å²) in [5.41, 5.74) is 0.767. The second kappa shape index (κ2) is 7.48. The fourth-order valence-electron chi connectivity index (χ4n) is 5.90. The predicted molar refractivity (Wildman–Crippen MR) is 103 cm³/mol. The second-order valence-corrected chi connectivity index (χ2v) is 10.6. The first-order valence-corrected chi connectivity index (χ1v) is 10.4. The van der Waals surface area contributed by atoms with Crippen LogP contribution in [-0.4, -0.2) is 34.1 Å². The Morgan fingerprint density at radius 3 is 1.96 bits per heavy atom. The van der Waals surface area contributed by atoms with E-state index < -0.39 is 0 Å². The topological polar surface area (TPSA) is 60.7 Å². The van der Waals surface area contributed by atoms with Crippen LogP contribution in [0.4, 0.5) is 0 Å². The van der Waals surface area contributed by atoms with Crippen LogP contribution >= 0.6 is 0 Å². The Bertz CT molecular complexity index is 447. The van der Waals surface area contributed by atoms with E-state index in [9.17, 15) is 10.2 Å². The molecule has 2 bridgehead atoms. The van der Waals surface area contributed by atoms with Gasteiger partial charge in [-0.3, -0.25) is 0 Å². The SMILES string of the molecule is CC(C)[C@@H]1CC[C@@](C)(CCO)C[C@H]1O.CC1(C)[C@@H]2CC[C@]1(C)[C@@H](O)C2. The maximum Gasteiger partial charge on any atom is 0.0601 e. The second-order valence-electron chi connectivity index (χ2n) is 10.6. The van der Waals surface area contributed by atoms with Gasteiger partial charge in [-0.25, -0.2) is 0 Å². The summed E-state index contributed by atoms with van der Waals surface area (Å²) < 4.78 is 0. The summed E-state index contributed by atoms with van der Waals surface area (Å²) in [7, 11) is 0. The Morgan fingerprint density at radius 2 is 1.64 bits per heavy atom. The van der Waals surface area contributed by atoms with Gasteiger partial charge in [-0.2, -0.15) is 0 Å². The third-order valence-electron chi connectivity index (χ3n) is 8.60. The number of aliphatic hydroxyl groups excluding tert-OH is 3. The predicted octanol–water partition coefficient (Wildman–Crippen LogP) is 4.39. The van der Waals surface area contributed by atoms with Crippen molar-refractivity contribution in [1.82, 2.24) is 0 Å². The minimum Gasteiger partial charge on any atom is -0.396 e. The van der Waals surface area contributed by atoms with Gasteiger partial charge >= 0.3 is 0 Å². The molecule has 0 unspecified atom stereocenters. The summed E-state index contributed by atoms with van der Waals surface area (Å²) in [4.78, 5) is 0. The molecule has 0 amide bonds. The fraction of sp³-hybridized carbons (Fsp3) is 1.00. The Balaban J connectivity index is 0.000000185. The molecule has 0 saturated heterocycles. The molecule has 3 fully saturated rings. The van der Waals surface area contributed by atoms with Gasteiger partial charge in [0.2, 0.25) is 0 Å². The molecule has 3 saturated carbocycles. The van der Waals surface area contributed by atoms with Crippen LogP contribution in [0.1, 0.15) is 86.5 Å². The van der Waals surface area contributed by atoms with Gasteiger partial charge in [0.25, 0.3) is 0 Å². The van der Waals surface area contributed by atoms with Crippen molar-refractivity contribution < 1.29 is 15.3 Å². The van der Waals surface area contributed by atoms with Crippen LogP contribution in [0, 0.1) is 34.0 Å². The van der Waals surface area contributed by atoms with Crippen molar-refractivity contribution in [3.8, 4) is 0 Å². The molecular weight excluding hydrogens is 312 g/mol. The quantitative estimate of drug-likeness (QED) is 0.704. The normalized spacial score (nSPS) is 45.4. The van der Waals surface area contributed by atoms with E-state index in [2.05, 4.69) is 41.5 Å². The third kappa shape index (κ3) is 3.94. The lowest BCUT2D eigenvalue weighted by atomic mass is 9.66. The summed E-state index contributed by atoms with van der Waals surface area (Å²) in [5, 5.41) is 28.8. The van der Waals surface area contributed by atoms with Crippen molar-refractivity contribution in [1.29, 1.82) is 0 Å². The zero-order valence-corrected chi connectivity index (χ0v) is 17.4. The Labute approximate surface area is 155 Å². The number of aliphatic hydroxyl groups is 3. The molecule has 3 aliphatic rings. The lowest BCUT2D eigenvalue weighted by Gasteiger charge is -2.42. The molecule has 0 aromatic heterocycles. The monoisotopic (exact) mass is 354 g/mol. The number of hydrogen-bond acceptors (Lipinski definition) is 3. The van der Waals surface area contributed by atoms with Crippen molar-refractivity contribution in [3.05, 3.63) is 0 Å². The Hall–Kier alpha value is -0.120. The molecule has 0 radical (unpaired) electrons. The molecule has 0 spiro atoms. The van der Waals surface area contributed by atoms with Gasteiger partial charge < -0.3 is 15.3 Å². The highest BCUT2D eigenvalue weighted by Crippen LogP contribution is 2.65. The lowest BCUT2D eigenvalue weighted by molar-refractivity contribution is -0.0181. The first kappa shape index (κ1) is 21.2. The molecule has 3 rings (SSSR count). The zero-order valence-electron chi connectivity index (χ0n) is 17.4. The van der Waals surface area contributed by atoms with E-state index in [1.807, 2.05) is 0 Å². The van der Waals surface area contributed by atoms with Crippen molar-refractivity contribution >= 4 is 0 Å². The molecule has 3 heteroatoms. The first-order chi connectivity index (χ1) is 11.5. The van der Waals surface area contributed by atoms with Crippen LogP contribution in [0.15, 0.2) is 0 Å². The molecule has 3 nitrogen and oxygen atoms in total. The number of rotatable bonds is 3. The first-order valence-electron chi connectivity index (χ1n) is 10.4. The molecule has 25 heavy (non-hydrogen) atoms. The van der Waals surface area contributed by atoms with Crippen LogP contribution in [0.2, 0.25) is 0 Å². The summed E-state index contributed by atoms with van der Waals surface area (Å²) in [6, 6.07) is 0. The minimum atomic E-state index is -0.166. The lowest BCUT2D eigenvalue weighted by Crippen LogP contribution is -2.38. The van der Waals surface area contributed by atoms with Gasteiger partial charge in [-0.05, 0) is 78.9 Å². The van der Waals surface area contributed by atoms with Crippen molar-refractivity contribution in [3.63, 3.8) is 0 Å². The smallest absolute Gasteiger partial charge is 0.0601 e.